The lowest BCUT2D eigenvalue weighted by molar-refractivity contribution is 0.626. The zero-order valence-corrected chi connectivity index (χ0v) is 10.3. The minimum absolute atomic E-state index is 0.0912. The van der Waals surface area contributed by atoms with Crippen molar-refractivity contribution in [3.05, 3.63) is 56.9 Å². The summed E-state index contributed by atoms with van der Waals surface area (Å²) < 4.78 is 15.0. The monoisotopic (exact) mass is 297 g/mol. The summed E-state index contributed by atoms with van der Waals surface area (Å²) in [6.07, 6.45) is 2.82. The van der Waals surface area contributed by atoms with Gasteiger partial charge in [0, 0.05) is 6.20 Å². The quantitative estimate of drug-likeness (QED) is 0.860. The number of hydrogen-bond donors (Lipinski definition) is 1. The summed E-state index contributed by atoms with van der Waals surface area (Å²) >= 11 is 3.10. The van der Waals surface area contributed by atoms with Crippen LogP contribution in [0.2, 0.25) is 0 Å². The fourth-order valence-corrected chi connectivity index (χ4v) is 1.75. The van der Waals surface area contributed by atoms with Crippen LogP contribution in [0.15, 0.2) is 40.0 Å². The van der Waals surface area contributed by atoms with Crippen LogP contribution in [-0.2, 0) is 6.54 Å². The number of nitrogen functional groups attached to an aromatic ring is 1. The largest absolute Gasteiger partial charge is 0.396 e. The first-order chi connectivity index (χ1) is 8.08. The molecule has 6 heteroatoms. The highest BCUT2D eigenvalue weighted by molar-refractivity contribution is 9.10. The molecule has 1 aromatic carbocycles. The Morgan fingerprint density at radius 3 is 2.94 bits per heavy atom. The normalized spacial score (nSPS) is 10.5. The molecule has 4 nitrogen and oxygen atoms in total. The predicted molar refractivity (Wildman–Crippen MR) is 66.1 cm³/mol. The van der Waals surface area contributed by atoms with Crippen molar-refractivity contribution in [3.8, 4) is 0 Å². The number of nitrogens with zero attached hydrogens (tertiary/aromatic N) is 2. The Labute approximate surface area is 105 Å². The van der Waals surface area contributed by atoms with Gasteiger partial charge in [-0.3, -0.25) is 9.36 Å². The fraction of sp³-hybridized carbons (Fsp3) is 0.0909. The Morgan fingerprint density at radius 1 is 1.47 bits per heavy atom. The molecule has 0 amide bonds. The highest BCUT2D eigenvalue weighted by Gasteiger charge is 2.04. The molecule has 0 spiro atoms. The molecule has 0 unspecified atom stereocenters. The third kappa shape index (κ3) is 2.52. The maximum atomic E-state index is 13.2. The maximum Gasteiger partial charge on any atom is 0.267 e. The second-order valence-corrected chi connectivity index (χ2v) is 4.38. The lowest BCUT2D eigenvalue weighted by atomic mass is 10.2. The van der Waals surface area contributed by atoms with Crippen LogP contribution in [0.5, 0.6) is 0 Å². The van der Waals surface area contributed by atoms with Gasteiger partial charge in [0.15, 0.2) is 0 Å². The highest BCUT2D eigenvalue weighted by atomic mass is 79.9. The molecule has 0 aliphatic rings. The molecule has 1 aromatic heterocycles. The lowest BCUT2D eigenvalue weighted by Crippen LogP contribution is -2.21. The second-order valence-electron chi connectivity index (χ2n) is 3.53. The molecular weight excluding hydrogens is 289 g/mol. The molecule has 0 radical (unpaired) electrons. The number of hydrogen-bond acceptors (Lipinski definition) is 3. The van der Waals surface area contributed by atoms with E-state index in [1.807, 2.05) is 0 Å². The molecule has 2 rings (SSSR count). The number of nitrogens with two attached hydrogens (primary N) is 1. The molecule has 2 N–H and O–H groups in total. The third-order valence-electron chi connectivity index (χ3n) is 2.28. The van der Waals surface area contributed by atoms with E-state index in [0.29, 0.717) is 10.0 Å². The molecule has 0 saturated heterocycles. The van der Waals surface area contributed by atoms with Crippen LogP contribution in [0.4, 0.5) is 10.1 Å². The van der Waals surface area contributed by atoms with Crippen molar-refractivity contribution in [3.63, 3.8) is 0 Å². The Bertz CT molecular complexity index is 612. The summed E-state index contributed by atoms with van der Waals surface area (Å²) in [5.74, 6) is -0.487. The minimum Gasteiger partial charge on any atom is -0.396 e. The van der Waals surface area contributed by atoms with E-state index in [1.54, 1.807) is 6.07 Å². The summed E-state index contributed by atoms with van der Waals surface area (Å²) in [4.78, 5) is 15.6. The van der Waals surface area contributed by atoms with Crippen molar-refractivity contribution < 1.29 is 4.39 Å². The molecule has 0 atom stereocenters. The topological polar surface area (TPSA) is 60.9 Å². The van der Waals surface area contributed by atoms with Crippen LogP contribution in [0.3, 0.4) is 0 Å². The van der Waals surface area contributed by atoms with Crippen LogP contribution in [0, 0.1) is 5.82 Å². The molecule has 2 aromatic rings. The van der Waals surface area contributed by atoms with Gasteiger partial charge in [0.05, 0.1) is 18.6 Å². The Morgan fingerprint density at radius 2 is 2.24 bits per heavy atom. The molecule has 88 valence electrons. The van der Waals surface area contributed by atoms with Gasteiger partial charge in [0.2, 0.25) is 0 Å². The lowest BCUT2D eigenvalue weighted by Gasteiger charge is -2.06. The first-order valence-corrected chi connectivity index (χ1v) is 5.61. The van der Waals surface area contributed by atoms with E-state index in [4.69, 9.17) is 5.73 Å². The smallest absolute Gasteiger partial charge is 0.267 e. The average Bonchev–Trinajstić information content (AvgIpc) is 2.30. The molecule has 0 bridgehead atoms. The summed E-state index contributed by atoms with van der Waals surface area (Å²) in [7, 11) is 0. The standard InChI is InChI=1S/C11H9BrFN3O/c12-8-4-15-6-16(11(8)17)5-7-1-2-10(14)9(13)3-7/h1-4,6H,5,14H2. The first kappa shape index (κ1) is 11.8. The van der Waals surface area contributed by atoms with Gasteiger partial charge in [-0.25, -0.2) is 9.37 Å². The highest BCUT2D eigenvalue weighted by Crippen LogP contribution is 2.12. The SMILES string of the molecule is Nc1ccc(Cn2cncc(Br)c2=O)cc1F. The third-order valence-corrected chi connectivity index (χ3v) is 2.82. The van der Waals surface area contributed by atoms with Crippen molar-refractivity contribution in [2.75, 3.05) is 5.73 Å². The Balaban J connectivity index is 2.35. The van der Waals surface area contributed by atoms with Crippen molar-refractivity contribution >= 4 is 21.6 Å². The van der Waals surface area contributed by atoms with E-state index in [2.05, 4.69) is 20.9 Å². The molecule has 0 fully saturated rings. The van der Waals surface area contributed by atoms with E-state index in [9.17, 15) is 9.18 Å². The van der Waals surface area contributed by atoms with E-state index in [0.717, 1.165) is 0 Å². The Hall–Kier alpha value is -1.69. The molecular formula is C11H9BrFN3O. The molecule has 0 aliphatic heterocycles. The first-order valence-electron chi connectivity index (χ1n) is 4.82. The molecule has 17 heavy (non-hydrogen) atoms. The van der Waals surface area contributed by atoms with Gasteiger partial charge in [-0.2, -0.15) is 0 Å². The van der Waals surface area contributed by atoms with Gasteiger partial charge in [-0.05, 0) is 33.6 Å². The van der Waals surface area contributed by atoms with Gasteiger partial charge < -0.3 is 5.73 Å². The number of halogens is 2. The van der Waals surface area contributed by atoms with E-state index < -0.39 is 5.82 Å². The molecule has 1 heterocycles. The van der Waals surface area contributed by atoms with Crippen molar-refractivity contribution in [1.29, 1.82) is 0 Å². The average molecular weight is 298 g/mol. The summed E-state index contributed by atoms with van der Waals surface area (Å²) in [6, 6.07) is 4.45. The zero-order chi connectivity index (χ0) is 12.4. The minimum atomic E-state index is -0.487. The van der Waals surface area contributed by atoms with E-state index in [1.165, 1.54) is 29.2 Å². The summed E-state index contributed by atoms with van der Waals surface area (Å²) in [5, 5.41) is 0. The van der Waals surface area contributed by atoms with Crippen LogP contribution in [-0.4, -0.2) is 9.55 Å². The molecule has 0 saturated carbocycles. The van der Waals surface area contributed by atoms with Gasteiger partial charge in [0.25, 0.3) is 5.56 Å². The van der Waals surface area contributed by atoms with E-state index >= 15 is 0 Å². The van der Waals surface area contributed by atoms with Crippen LogP contribution in [0.1, 0.15) is 5.56 Å². The predicted octanol–water partition coefficient (Wildman–Crippen LogP) is 1.78. The summed E-state index contributed by atoms with van der Waals surface area (Å²) in [5.41, 5.74) is 5.90. The van der Waals surface area contributed by atoms with Crippen molar-refractivity contribution in [2.45, 2.75) is 6.54 Å². The zero-order valence-electron chi connectivity index (χ0n) is 8.73. The number of rotatable bonds is 2. The number of anilines is 1. The van der Waals surface area contributed by atoms with Crippen LogP contribution in [0.25, 0.3) is 0 Å². The van der Waals surface area contributed by atoms with Crippen molar-refractivity contribution in [2.24, 2.45) is 0 Å². The van der Waals surface area contributed by atoms with Crippen molar-refractivity contribution in [1.82, 2.24) is 9.55 Å². The second kappa shape index (κ2) is 4.67. The summed E-state index contributed by atoms with van der Waals surface area (Å²) in [6.45, 7) is 0.252. The molecule has 0 aliphatic carbocycles. The maximum absolute atomic E-state index is 13.2. The van der Waals surface area contributed by atoms with Gasteiger partial charge >= 0.3 is 0 Å². The van der Waals surface area contributed by atoms with Gasteiger partial charge in [-0.15, -0.1) is 0 Å². The van der Waals surface area contributed by atoms with Crippen LogP contribution >= 0.6 is 15.9 Å². The van der Waals surface area contributed by atoms with Gasteiger partial charge in [-0.1, -0.05) is 6.07 Å². The van der Waals surface area contributed by atoms with E-state index in [-0.39, 0.29) is 17.8 Å². The number of aromatic nitrogens is 2. The Kier molecular flexibility index (Phi) is 3.23. The van der Waals surface area contributed by atoms with Gasteiger partial charge in [0.1, 0.15) is 10.3 Å². The van der Waals surface area contributed by atoms with Crippen LogP contribution < -0.4 is 11.3 Å². The number of benzene rings is 1. The fourth-order valence-electron chi connectivity index (χ4n) is 1.40.